The van der Waals surface area contributed by atoms with Crippen molar-refractivity contribution in [2.45, 2.75) is 20.4 Å². The fourth-order valence-electron chi connectivity index (χ4n) is 1.35. The summed E-state index contributed by atoms with van der Waals surface area (Å²) in [5.74, 6) is 6.65. The Labute approximate surface area is 98.6 Å². The molecule has 0 aliphatic rings. The summed E-state index contributed by atoms with van der Waals surface area (Å²) in [5.41, 5.74) is 3.16. The number of anilines is 1. The molecule has 7 nitrogen and oxygen atoms in total. The van der Waals surface area contributed by atoms with Crippen molar-refractivity contribution in [1.82, 2.24) is 19.7 Å². The molecule has 0 bridgehead atoms. The minimum absolute atomic E-state index is 0.322. The summed E-state index contributed by atoms with van der Waals surface area (Å²) in [6.45, 7) is 4.63. The van der Waals surface area contributed by atoms with Gasteiger partial charge in [0.2, 0.25) is 11.8 Å². The molecule has 0 atom stereocenters. The largest absolute Gasteiger partial charge is 0.436 e. The summed E-state index contributed by atoms with van der Waals surface area (Å²) in [7, 11) is 0. The van der Waals surface area contributed by atoms with Crippen LogP contribution in [0.5, 0.6) is 11.6 Å². The van der Waals surface area contributed by atoms with E-state index in [2.05, 4.69) is 20.5 Å². The second-order valence-corrected chi connectivity index (χ2v) is 3.45. The average molecular weight is 234 g/mol. The zero-order valence-corrected chi connectivity index (χ0v) is 9.71. The summed E-state index contributed by atoms with van der Waals surface area (Å²) in [6, 6.07) is 1.73. The van der Waals surface area contributed by atoms with Gasteiger partial charge in [0, 0.05) is 18.3 Å². The van der Waals surface area contributed by atoms with Crippen LogP contribution in [-0.4, -0.2) is 19.7 Å². The summed E-state index contributed by atoms with van der Waals surface area (Å²) in [4.78, 5) is 8.14. The minimum Gasteiger partial charge on any atom is -0.436 e. The highest BCUT2D eigenvalue weighted by Crippen LogP contribution is 2.19. The van der Waals surface area contributed by atoms with Crippen LogP contribution in [0.1, 0.15) is 12.6 Å². The van der Waals surface area contributed by atoms with E-state index in [-0.39, 0.29) is 0 Å². The molecule has 0 amide bonds. The molecule has 0 aliphatic heterocycles. The number of hydrogen-bond acceptors (Lipinski definition) is 6. The third kappa shape index (κ3) is 2.70. The van der Waals surface area contributed by atoms with Gasteiger partial charge in [0.15, 0.2) is 5.75 Å². The Kier molecular flexibility index (Phi) is 3.20. The summed E-state index contributed by atoms with van der Waals surface area (Å²) in [6.07, 6.45) is 3.43. The number of aryl methyl sites for hydroxylation is 2. The molecule has 2 heterocycles. The van der Waals surface area contributed by atoms with Crippen LogP contribution in [0.3, 0.4) is 0 Å². The lowest BCUT2D eigenvalue weighted by atomic mass is 10.4. The van der Waals surface area contributed by atoms with E-state index in [4.69, 9.17) is 10.6 Å². The van der Waals surface area contributed by atoms with Crippen LogP contribution < -0.4 is 16.0 Å². The van der Waals surface area contributed by atoms with E-state index in [0.717, 1.165) is 12.2 Å². The van der Waals surface area contributed by atoms with E-state index < -0.39 is 0 Å². The van der Waals surface area contributed by atoms with Gasteiger partial charge in [0.25, 0.3) is 0 Å². The van der Waals surface area contributed by atoms with Gasteiger partial charge in [0.1, 0.15) is 0 Å². The Hall–Kier alpha value is -2.15. The minimum atomic E-state index is 0.322. The smallest absolute Gasteiger partial charge is 0.240 e. The monoisotopic (exact) mass is 234 g/mol. The number of hydrazine groups is 1. The van der Waals surface area contributed by atoms with Crippen LogP contribution in [0.15, 0.2) is 18.5 Å². The van der Waals surface area contributed by atoms with Gasteiger partial charge in [-0.2, -0.15) is 10.1 Å². The molecule has 0 saturated heterocycles. The molecule has 0 aromatic carbocycles. The topological polar surface area (TPSA) is 90.9 Å². The van der Waals surface area contributed by atoms with Crippen LogP contribution in [-0.2, 0) is 6.54 Å². The first-order chi connectivity index (χ1) is 8.21. The van der Waals surface area contributed by atoms with Gasteiger partial charge in [-0.3, -0.25) is 10.1 Å². The van der Waals surface area contributed by atoms with Crippen molar-refractivity contribution in [3.63, 3.8) is 0 Å². The second-order valence-electron chi connectivity index (χ2n) is 3.45. The molecular formula is C10H14N6O. The molecule has 0 fully saturated rings. The van der Waals surface area contributed by atoms with E-state index in [1.54, 1.807) is 23.1 Å². The zero-order valence-electron chi connectivity index (χ0n) is 9.71. The molecule has 2 aromatic heterocycles. The van der Waals surface area contributed by atoms with Crippen molar-refractivity contribution in [2.24, 2.45) is 5.84 Å². The third-order valence-corrected chi connectivity index (χ3v) is 2.12. The molecule has 17 heavy (non-hydrogen) atoms. The molecule has 2 aromatic rings. The Bertz CT molecular complexity index is 509. The molecular weight excluding hydrogens is 220 g/mol. The van der Waals surface area contributed by atoms with Gasteiger partial charge in [-0.25, -0.2) is 10.8 Å². The molecule has 3 N–H and O–H groups in total. The van der Waals surface area contributed by atoms with E-state index in [1.165, 1.54) is 0 Å². The lowest BCUT2D eigenvalue weighted by Crippen LogP contribution is -2.11. The molecule has 2 rings (SSSR count). The number of aromatic nitrogens is 4. The van der Waals surface area contributed by atoms with Gasteiger partial charge < -0.3 is 4.74 Å². The van der Waals surface area contributed by atoms with Crippen LogP contribution in [0.25, 0.3) is 0 Å². The standard InChI is InChI=1S/C10H14N6O/c1-3-16-6-8(5-12-16)17-9-4-7(2)13-10(14-9)15-11/h4-6H,3,11H2,1-2H3,(H,13,14,15). The van der Waals surface area contributed by atoms with E-state index in [0.29, 0.717) is 17.6 Å². The quantitative estimate of drug-likeness (QED) is 0.607. The predicted octanol–water partition coefficient (Wildman–Crippen LogP) is 1.08. The van der Waals surface area contributed by atoms with Crippen molar-refractivity contribution < 1.29 is 4.74 Å². The van der Waals surface area contributed by atoms with Crippen LogP contribution >= 0.6 is 0 Å². The van der Waals surface area contributed by atoms with Crippen LogP contribution in [0.2, 0.25) is 0 Å². The van der Waals surface area contributed by atoms with E-state index >= 15 is 0 Å². The fraction of sp³-hybridized carbons (Fsp3) is 0.300. The van der Waals surface area contributed by atoms with Crippen molar-refractivity contribution in [3.8, 4) is 11.6 Å². The molecule has 90 valence electrons. The first-order valence-corrected chi connectivity index (χ1v) is 5.24. The van der Waals surface area contributed by atoms with Crippen molar-refractivity contribution in [1.29, 1.82) is 0 Å². The summed E-state index contributed by atoms with van der Waals surface area (Å²) < 4.78 is 7.32. The highest BCUT2D eigenvalue weighted by Gasteiger charge is 2.05. The fourth-order valence-corrected chi connectivity index (χ4v) is 1.35. The first-order valence-electron chi connectivity index (χ1n) is 5.24. The van der Waals surface area contributed by atoms with Gasteiger partial charge in [-0.15, -0.1) is 0 Å². The highest BCUT2D eigenvalue weighted by atomic mass is 16.5. The van der Waals surface area contributed by atoms with Crippen LogP contribution in [0, 0.1) is 6.92 Å². The Balaban J connectivity index is 2.20. The number of nitrogens with one attached hydrogen (secondary N) is 1. The number of nitrogen functional groups attached to an aromatic ring is 1. The molecule has 7 heteroatoms. The maximum atomic E-state index is 5.55. The number of ether oxygens (including phenoxy) is 1. The van der Waals surface area contributed by atoms with Crippen molar-refractivity contribution in [2.75, 3.05) is 5.43 Å². The molecule has 0 saturated carbocycles. The number of nitrogens with zero attached hydrogens (tertiary/aromatic N) is 4. The zero-order chi connectivity index (χ0) is 12.3. The van der Waals surface area contributed by atoms with Crippen molar-refractivity contribution >= 4 is 5.95 Å². The average Bonchev–Trinajstić information content (AvgIpc) is 2.76. The lowest BCUT2D eigenvalue weighted by Gasteiger charge is -2.05. The predicted molar refractivity (Wildman–Crippen MR) is 62.6 cm³/mol. The maximum Gasteiger partial charge on any atom is 0.240 e. The molecule has 0 unspecified atom stereocenters. The summed E-state index contributed by atoms with van der Waals surface area (Å²) >= 11 is 0. The van der Waals surface area contributed by atoms with Gasteiger partial charge in [0.05, 0.1) is 12.4 Å². The normalized spacial score (nSPS) is 10.3. The molecule has 0 spiro atoms. The Morgan fingerprint density at radius 3 is 2.94 bits per heavy atom. The molecule has 0 radical (unpaired) electrons. The van der Waals surface area contributed by atoms with E-state index in [9.17, 15) is 0 Å². The van der Waals surface area contributed by atoms with E-state index in [1.807, 2.05) is 13.8 Å². The Morgan fingerprint density at radius 2 is 2.29 bits per heavy atom. The first kappa shape index (κ1) is 11.3. The highest BCUT2D eigenvalue weighted by molar-refractivity contribution is 5.31. The van der Waals surface area contributed by atoms with Gasteiger partial charge >= 0.3 is 0 Å². The third-order valence-electron chi connectivity index (χ3n) is 2.12. The maximum absolute atomic E-state index is 5.55. The van der Waals surface area contributed by atoms with Gasteiger partial charge in [-0.1, -0.05) is 0 Å². The molecule has 0 aliphatic carbocycles. The number of rotatable bonds is 4. The van der Waals surface area contributed by atoms with Crippen LogP contribution in [0.4, 0.5) is 5.95 Å². The lowest BCUT2D eigenvalue weighted by molar-refractivity contribution is 0.460. The Morgan fingerprint density at radius 1 is 1.47 bits per heavy atom. The SMILES string of the molecule is CCn1cc(Oc2cc(C)nc(NN)n2)cn1. The number of nitrogens with two attached hydrogens (primary N) is 1. The van der Waals surface area contributed by atoms with Gasteiger partial charge in [-0.05, 0) is 13.8 Å². The van der Waals surface area contributed by atoms with Crippen molar-refractivity contribution in [3.05, 3.63) is 24.2 Å². The second kappa shape index (κ2) is 4.79. The summed E-state index contributed by atoms with van der Waals surface area (Å²) in [5, 5.41) is 4.10. The number of hydrogen-bond donors (Lipinski definition) is 2.